The van der Waals surface area contributed by atoms with Crippen molar-refractivity contribution in [3.63, 3.8) is 0 Å². The molecular weight excluding hydrogens is 348 g/mol. The molecule has 0 radical (unpaired) electrons. The lowest BCUT2D eigenvalue weighted by molar-refractivity contribution is -0.0515. The Kier molecular flexibility index (Phi) is 5.39. The number of benzene rings is 1. The quantitative estimate of drug-likeness (QED) is 0.655. The zero-order chi connectivity index (χ0) is 18.7. The van der Waals surface area contributed by atoms with Gasteiger partial charge in [-0.05, 0) is 37.0 Å². The highest BCUT2D eigenvalue weighted by Gasteiger charge is 2.24. The number of carbonyl (C=O) groups excluding carboxylic acids is 1. The molecule has 0 N–H and O–H groups in total. The standard InChI is InChI=1S/C18H19F2NO5/c1-3-12-15(17(22)23-2)21-16(25-12)11-6-7-13(26-18(19)20)14(8-11)24-9-10-4-5-10/h6-8,10,18H,3-5,9H2,1-2H3. The Labute approximate surface area is 149 Å². The molecule has 1 fully saturated rings. The van der Waals surface area contributed by atoms with Crippen LogP contribution in [0.4, 0.5) is 8.78 Å². The van der Waals surface area contributed by atoms with Crippen molar-refractivity contribution in [3.05, 3.63) is 29.7 Å². The van der Waals surface area contributed by atoms with Gasteiger partial charge in [0.15, 0.2) is 17.2 Å². The molecule has 140 valence electrons. The normalized spacial score (nSPS) is 13.7. The molecule has 3 rings (SSSR count). The van der Waals surface area contributed by atoms with Crippen LogP contribution in [-0.4, -0.2) is 31.3 Å². The minimum atomic E-state index is -2.96. The van der Waals surface area contributed by atoms with E-state index in [0.717, 1.165) is 12.8 Å². The Morgan fingerprint density at radius 2 is 2.12 bits per heavy atom. The Morgan fingerprint density at radius 3 is 2.73 bits per heavy atom. The van der Waals surface area contributed by atoms with Gasteiger partial charge in [0.2, 0.25) is 5.89 Å². The lowest BCUT2D eigenvalue weighted by Crippen LogP contribution is -2.06. The van der Waals surface area contributed by atoms with Crippen LogP contribution in [0.5, 0.6) is 11.5 Å². The summed E-state index contributed by atoms with van der Waals surface area (Å²) in [6, 6.07) is 4.41. The Bertz CT molecular complexity index is 786. The van der Waals surface area contributed by atoms with Gasteiger partial charge in [-0.1, -0.05) is 6.92 Å². The SMILES string of the molecule is CCc1oc(-c2ccc(OC(F)F)c(OCC3CC3)c2)nc1C(=O)OC. The van der Waals surface area contributed by atoms with Crippen molar-refractivity contribution in [2.75, 3.05) is 13.7 Å². The van der Waals surface area contributed by atoms with Gasteiger partial charge in [0, 0.05) is 12.0 Å². The van der Waals surface area contributed by atoms with Crippen LogP contribution in [0.25, 0.3) is 11.5 Å². The number of aromatic nitrogens is 1. The molecule has 1 aliphatic carbocycles. The third-order valence-electron chi connectivity index (χ3n) is 3.98. The van der Waals surface area contributed by atoms with Gasteiger partial charge in [-0.25, -0.2) is 9.78 Å². The van der Waals surface area contributed by atoms with Gasteiger partial charge in [-0.3, -0.25) is 0 Å². The van der Waals surface area contributed by atoms with Crippen LogP contribution in [0.1, 0.15) is 36.0 Å². The topological polar surface area (TPSA) is 70.8 Å². The predicted octanol–water partition coefficient (Wildman–Crippen LogP) is 4.08. The van der Waals surface area contributed by atoms with Gasteiger partial charge >= 0.3 is 12.6 Å². The molecule has 26 heavy (non-hydrogen) atoms. The molecule has 1 saturated carbocycles. The van der Waals surface area contributed by atoms with Gasteiger partial charge in [0.1, 0.15) is 5.76 Å². The third kappa shape index (κ3) is 4.12. The minimum absolute atomic E-state index is 0.0557. The van der Waals surface area contributed by atoms with E-state index in [9.17, 15) is 13.6 Å². The molecule has 0 spiro atoms. The van der Waals surface area contributed by atoms with Crippen LogP contribution in [0, 0.1) is 5.92 Å². The monoisotopic (exact) mass is 367 g/mol. The number of nitrogens with zero attached hydrogens (tertiary/aromatic N) is 1. The van der Waals surface area contributed by atoms with Crippen molar-refractivity contribution in [1.29, 1.82) is 0 Å². The Morgan fingerprint density at radius 1 is 1.35 bits per heavy atom. The van der Waals surface area contributed by atoms with E-state index in [1.54, 1.807) is 0 Å². The number of methoxy groups -OCH3 is 1. The highest BCUT2D eigenvalue weighted by atomic mass is 19.3. The number of alkyl halides is 2. The summed E-state index contributed by atoms with van der Waals surface area (Å²) in [5.41, 5.74) is 0.584. The number of hydrogen-bond donors (Lipinski definition) is 0. The lowest BCUT2D eigenvalue weighted by Gasteiger charge is -2.12. The van der Waals surface area contributed by atoms with Crippen molar-refractivity contribution in [2.45, 2.75) is 32.8 Å². The van der Waals surface area contributed by atoms with Crippen molar-refractivity contribution < 1.29 is 32.2 Å². The van der Waals surface area contributed by atoms with Crippen LogP contribution in [0.3, 0.4) is 0 Å². The van der Waals surface area contributed by atoms with Crippen molar-refractivity contribution in [2.24, 2.45) is 5.92 Å². The van der Waals surface area contributed by atoms with E-state index in [1.807, 2.05) is 6.92 Å². The second-order valence-corrected chi connectivity index (χ2v) is 5.93. The maximum atomic E-state index is 12.6. The minimum Gasteiger partial charge on any atom is -0.489 e. The molecule has 0 atom stereocenters. The molecular formula is C18H19F2NO5. The number of oxazole rings is 1. The van der Waals surface area contributed by atoms with Crippen LogP contribution < -0.4 is 9.47 Å². The zero-order valence-electron chi connectivity index (χ0n) is 14.5. The molecule has 0 aliphatic heterocycles. The average Bonchev–Trinajstić information content (AvgIpc) is 3.36. The van der Waals surface area contributed by atoms with E-state index in [4.69, 9.17) is 13.9 Å². The van der Waals surface area contributed by atoms with E-state index >= 15 is 0 Å². The Balaban J connectivity index is 1.92. The highest BCUT2D eigenvalue weighted by Crippen LogP contribution is 2.36. The molecule has 6 nitrogen and oxygen atoms in total. The zero-order valence-corrected chi connectivity index (χ0v) is 14.5. The first-order chi connectivity index (χ1) is 12.5. The number of hydrogen-bond acceptors (Lipinski definition) is 6. The summed E-state index contributed by atoms with van der Waals surface area (Å²) in [5.74, 6) is 0.546. The molecule has 2 aromatic rings. The van der Waals surface area contributed by atoms with Crippen LogP contribution >= 0.6 is 0 Å². The Hall–Kier alpha value is -2.64. The fourth-order valence-corrected chi connectivity index (χ4v) is 2.41. The summed E-state index contributed by atoms with van der Waals surface area (Å²) in [4.78, 5) is 16.0. The van der Waals surface area contributed by atoms with E-state index in [2.05, 4.69) is 9.72 Å². The molecule has 8 heteroatoms. The molecule has 1 aromatic heterocycles. The summed E-state index contributed by atoms with van der Waals surface area (Å²) in [6.07, 6.45) is 2.58. The summed E-state index contributed by atoms with van der Waals surface area (Å²) < 4.78 is 45.7. The molecule has 1 aromatic carbocycles. The number of carbonyl (C=O) groups is 1. The number of aryl methyl sites for hydroxylation is 1. The molecule has 1 heterocycles. The van der Waals surface area contributed by atoms with E-state index in [-0.39, 0.29) is 23.1 Å². The van der Waals surface area contributed by atoms with Crippen LogP contribution in [-0.2, 0) is 11.2 Å². The van der Waals surface area contributed by atoms with Crippen molar-refractivity contribution in [1.82, 2.24) is 4.98 Å². The van der Waals surface area contributed by atoms with Crippen molar-refractivity contribution >= 4 is 5.97 Å². The average molecular weight is 367 g/mol. The largest absolute Gasteiger partial charge is 0.489 e. The van der Waals surface area contributed by atoms with E-state index < -0.39 is 12.6 Å². The number of ether oxygens (including phenoxy) is 3. The molecule has 1 aliphatic rings. The second kappa shape index (κ2) is 7.72. The summed E-state index contributed by atoms with van der Waals surface area (Å²) in [6.45, 7) is -0.702. The summed E-state index contributed by atoms with van der Waals surface area (Å²) in [7, 11) is 1.26. The number of esters is 1. The van der Waals surface area contributed by atoms with E-state index in [1.165, 1.54) is 25.3 Å². The first-order valence-electron chi connectivity index (χ1n) is 8.31. The lowest BCUT2D eigenvalue weighted by atomic mass is 10.2. The molecule has 0 unspecified atom stereocenters. The fraction of sp³-hybridized carbons (Fsp3) is 0.444. The third-order valence-corrected chi connectivity index (χ3v) is 3.98. The van der Waals surface area contributed by atoms with Gasteiger partial charge in [0.05, 0.1) is 13.7 Å². The van der Waals surface area contributed by atoms with Gasteiger partial charge in [0.25, 0.3) is 0 Å². The number of rotatable bonds is 8. The van der Waals surface area contributed by atoms with Crippen molar-refractivity contribution in [3.8, 4) is 23.0 Å². The predicted molar refractivity (Wildman–Crippen MR) is 87.5 cm³/mol. The molecule has 0 bridgehead atoms. The summed E-state index contributed by atoms with van der Waals surface area (Å²) in [5, 5.41) is 0. The fourth-order valence-electron chi connectivity index (χ4n) is 2.41. The smallest absolute Gasteiger partial charge is 0.387 e. The number of halogens is 2. The van der Waals surface area contributed by atoms with Gasteiger partial charge in [-0.15, -0.1) is 0 Å². The van der Waals surface area contributed by atoms with E-state index in [0.29, 0.717) is 30.3 Å². The first-order valence-corrected chi connectivity index (χ1v) is 8.31. The summed E-state index contributed by atoms with van der Waals surface area (Å²) >= 11 is 0. The van der Waals surface area contributed by atoms with Gasteiger partial charge in [-0.2, -0.15) is 8.78 Å². The molecule has 0 saturated heterocycles. The maximum Gasteiger partial charge on any atom is 0.387 e. The highest BCUT2D eigenvalue weighted by molar-refractivity contribution is 5.88. The maximum absolute atomic E-state index is 12.6. The molecule has 0 amide bonds. The second-order valence-electron chi connectivity index (χ2n) is 5.93. The van der Waals surface area contributed by atoms with Gasteiger partial charge < -0.3 is 18.6 Å². The van der Waals surface area contributed by atoms with Crippen LogP contribution in [0.15, 0.2) is 22.6 Å². The first kappa shape index (κ1) is 18.2. The van der Waals surface area contributed by atoms with Crippen LogP contribution in [0.2, 0.25) is 0 Å².